The molecule has 0 aliphatic carbocycles. The van der Waals surface area contributed by atoms with Crippen molar-refractivity contribution in [3.8, 4) is 5.75 Å². The fraction of sp³-hybridized carbons (Fsp3) is 0.200. The van der Waals surface area contributed by atoms with Crippen molar-refractivity contribution in [2.24, 2.45) is 0 Å². The summed E-state index contributed by atoms with van der Waals surface area (Å²) < 4.78 is 6.41. The minimum Gasteiger partial charge on any atom is -0.497 e. The molecule has 2 N–H and O–H groups in total. The highest BCUT2D eigenvalue weighted by Crippen LogP contribution is 2.12. The molecule has 2 heterocycles. The van der Waals surface area contributed by atoms with Gasteiger partial charge >= 0.3 is 0 Å². The molecule has 0 spiro atoms. The molecule has 0 saturated carbocycles. The fourth-order valence-corrected chi connectivity index (χ4v) is 2.34. The number of methoxy groups -OCH3 is 1. The quantitative estimate of drug-likeness (QED) is 0.763. The van der Waals surface area contributed by atoms with Gasteiger partial charge in [0.15, 0.2) is 0 Å². The molecule has 0 radical (unpaired) electrons. The van der Waals surface area contributed by atoms with E-state index in [2.05, 4.69) is 10.1 Å². The van der Waals surface area contributed by atoms with Gasteiger partial charge in [-0.25, -0.2) is 4.68 Å². The van der Waals surface area contributed by atoms with Crippen molar-refractivity contribution in [1.29, 1.82) is 0 Å². The first-order valence-corrected chi connectivity index (χ1v) is 6.54. The maximum Gasteiger partial charge on any atom is 0.287 e. The van der Waals surface area contributed by atoms with Crippen LogP contribution in [0.5, 0.6) is 5.75 Å². The van der Waals surface area contributed by atoms with Crippen LogP contribution >= 0.6 is 0 Å². The molecule has 0 atom stereocenters. The van der Waals surface area contributed by atoms with Crippen LogP contribution in [0.3, 0.4) is 0 Å². The van der Waals surface area contributed by atoms with E-state index in [1.807, 2.05) is 31.2 Å². The Balaban J connectivity index is 2.06. The van der Waals surface area contributed by atoms with E-state index in [0.29, 0.717) is 17.4 Å². The lowest BCUT2D eigenvalue weighted by molar-refractivity contribution is 0.414. The lowest BCUT2D eigenvalue weighted by Gasteiger charge is -2.06. The van der Waals surface area contributed by atoms with Gasteiger partial charge in [-0.1, -0.05) is 12.1 Å². The molecule has 3 rings (SSSR count). The monoisotopic (exact) mass is 285 g/mol. The number of aromatic nitrogens is 3. The number of rotatable bonds is 3. The topological polar surface area (TPSA) is 79.9 Å². The number of ether oxygens (including phenoxy) is 1. The van der Waals surface area contributed by atoms with Crippen molar-refractivity contribution in [3.05, 3.63) is 62.3 Å². The van der Waals surface area contributed by atoms with Crippen LogP contribution < -0.4 is 15.9 Å². The highest BCUT2D eigenvalue weighted by atomic mass is 16.5. The molecule has 0 aliphatic rings. The molecule has 1 aromatic carbocycles. The average Bonchev–Trinajstić information content (AvgIpc) is 2.88. The van der Waals surface area contributed by atoms with Crippen molar-refractivity contribution in [1.82, 2.24) is 14.8 Å². The lowest BCUT2D eigenvalue weighted by atomic mass is 10.2. The Bertz CT molecular complexity index is 901. The van der Waals surface area contributed by atoms with Gasteiger partial charge in [0.05, 0.1) is 19.0 Å². The zero-order valence-corrected chi connectivity index (χ0v) is 11.8. The third-order valence-electron chi connectivity index (χ3n) is 3.39. The third-order valence-corrected chi connectivity index (χ3v) is 3.39. The van der Waals surface area contributed by atoms with Gasteiger partial charge in [0, 0.05) is 5.69 Å². The SMILES string of the molecule is COc1ccc(Cn2[nH]c(=O)c3[nH]c(C)cc3c2=O)cc1. The van der Waals surface area contributed by atoms with Crippen molar-refractivity contribution >= 4 is 10.9 Å². The Kier molecular flexibility index (Phi) is 3.13. The summed E-state index contributed by atoms with van der Waals surface area (Å²) in [4.78, 5) is 27.3. The van der Waals surface area contributed by atoms with Crippen LogP contribution in [0.4, 0.5) is 0 Å². The fourth-order valence-electron chi connectivity index (χ4n) is 2.34. The molecular weight excluding hydrogens is 270 g/mol. The number of benzene rings is 1. The van der Waals surface area contributed by atoms with Crippen molar-refractivity contribution < 1.29 is 4.74 Å². The molecule has 2 aromatic heterocycles. The Labute approximate surface area is 120 Å². The summed E-state index contributed by atoms with van der Waals surface area (Å²) in [5.41, 5.74) is 1.49. The summed E-state index contributed by atoms with van der Waals surface area (Å²) in [6.45, 7) is 2.12. The van der Waals surface area contributed by atoms with Gasteiger partial charge in [0.25, 0.3) is 11.1 Å². The maximum atomic E-state index is 12.4. The largest absolute Gasteiger partial charge is 0.497 e. The van der Waals surface area contributed by atoms with Crippen LogP contribution in [0.15, 0.2) is 39.9 Å². The predicted molar refractivity (Wildman–Crippen MR) is 80.0 cm³/mol. The minimum absolute atomic E-state index is 0.218. The molecule has 6 heteroatoms. The van der Waals surface area contributed by atoms with Crippen LogP contribution in [-0.2, 0) is 6.54 Å². The third kappa shape index (κ3) is 2.35. The zero-order valence-electron chi connectivity index (χ0n) is 11.8. The van der Waals surface area contributed by atoms with Crippen molar-refractivity contribution in [2.45, 2.75) is 13.5 Å². The molecule has 3 aromatic rings. The molecule has 6 nitrogen and oxygen atoms in total. The first-order chi connectivity index (χ1) is 10.1. The average molecular weight is 285 g/mol. The van der Waals surface area contributed by atoms with Gasteiger partial charge in [-0.15, -0.1) is 0 Å². The normalized spacial score (nSPS) is 11.0. The van der Waals surface area contributed by atoms with Gasteiger partial charge < -0.3 is 9.72 Å². The van der Waals surface area contributed by atoms with E-state index in [-0.39, 0.29) is 11.1 Å². The van der Waals surface area contributed by atoms with Crippen LogP contribution in [0.2, 0.25) is 0 Å². The molecule has 0 bridgehead atoms. The van der Waals surface area contributed by atoms with E-state index in [1.165, 1.54) is 4.68 Å². The van der Waals surface area contributed by atoms with E-state index in [4.69, 9.17) is 4.74 Å². The molecular formula is C15H15N3O3. The summed E-state index contributed by atoms with van der Waals surface area (Å²) in [6, 6.07) is 9.04. The number of fused-ring (bicyclic) bond motifs is 1. The van der Waals surface area contributed by atoms with Gasteiger partial charge in [0.2, 0.25) is 0 Å². The smallest absolute Gasteiger partial charge is 0.287 e. The lowest BCUT2D eigenvalue weighted by Crippen LogP contribution is -2.29. The van der Waals surface area contributed by atoms with Crippen LogP contribution in [0, 0.1) is 6.92 Å². The van der Waals surface area contributed by atoms with Crippen molar-refractivity contribution in [2.75, 3.05) is 7.11 Å². The molecule has 21 heavy (non-hydrogen) atoms. The molecule has 0 unspecified atom stereocenters. The summed E-state index contributed by atoms with van der Waals surface area (Å²) >= 11 is 0. The second-order valence-electron chi connectivity index (χ2n) is 4.92. The van der Waals surface area contributed by atoms with Gasteiger partial charge in [-0.2, -0.15) is 0 Å². The van der Waals surface area contributed by atoms with E-state index < -0.39 is 0 Å². The van der Waals surface area contributed by atoms with Crippen LogP contribution in [0.1, 0.15) is 11.3 Å². The summed E-state index contributed by atoms with van der Waals surface area (Å²) in [7, 11) is 1.60. The number of aromatic amines is 2. The van der Waals surface area contributed by atoms with Gasteiger partial charge in [-0.05, 0) is 30.7 Å². The highest BCUT2D eigenvalue weighted by Gasteiger charge is 2.10. The van der Waals surface area contributed by atoms with E-state index in [0.717, 1.165) is 17.0 Å². The second kappa shape index (κ2) is 4.97. The highest BCUT2D eigenvalue weighted by molar-refractivity contribution is 5.78. The minimum atomic E-state index is -0.300. The zero-order chi connectivity index (χ0) is 15.0. The number of aryl methyl sites for hydroxylation is 1. The Morgan fingerprint density at radius 2 is 1.90 bits per heavy atom. The number of H-pyrrole nitrogens is 2. The van der Waals surface area contributed by atoms with Gasteiger partial charge in [-0.3, -0.25) is 14.7 Å². The molecule has 0 fully saturated rings. The summed E-state index contributed by atoms with van der Waals surface area (Å²) in [6.07, 6.45) is 0. The summed E-state index contributed by atoms with van der Waals surface area (Å²) in [5.74, 6) is 0.747. The van der Waals surface area contributed by atoms with Gasteiger partial charge in [0.1, 0.15) is 11.3 Å². The standard InChI is InChI=1S/C15H15N3O3/c1-9-7-12-13(16-9)14(19)17-18(15(12)20)8-10-3-5-11(21-2)6-4-10/h3-7,16H,8H2,1-2H3,(H,17,19). The van der Waals surface area contributed by atoms with E-state index in [1.54, 1.807) is 13.2 Å². The number of hydrogen-bond donors (Lipinski definition) is 2. The Morgan fingerprint density at radius 3 is 2.57 bits per heavy atom. The predicted octanol–water partition coefficient (Wildman–Crippen LogP) is 1.38. The maximum absolute atomic E-state index is 12.4. The van der Waals surface area contributed by atoms with E-state index in [9.17, 15) is 9.59 Å². The number of nitrogens with zero attached hydrogens (tertiary/aromatic N) is 1. The first-order valence-electron chi connectivity index (χ1n) is 6.54. The molecule has 0 amide bonds. The molecule has 108 valence electrons. The van der Waals surface area contributed by atoms with Crippen LogP contribution in [0.25, 0.3) is 10.9 Å². The van der Waals surface area contributed by atoms with E-state index >= 15 is 0 Å². The molecule has 0 aliphatic heterocycles. The number of nitrogens with one attached hydrogen (secondary N) is 2. The Hall–Kier alpha value is -2.76. The van der Waals surface area contributed by atoms with Crippen LogP contribution in [-0.4, -0.2) is 21.9 Å². The second-order valence-corrected chi connectivity index (χ2v) is 4.92. The Morgan fingerprint density at radius 1 is 1.19 bits per heavy atom. The number of hydrogen-bond acceptors (Lipinski definition) is 3. The molecule has 0 saturated heterocycles. The summed E-state index contributed by atoms with van der Waals surface area (Å²) in [5, 5.41) is 3.00. The first kappa shape index (κ1) is 13.2. The van der Waals surface area contributed by atoms with Crippen molar-refractivity contribution in [3.63, 3.8) is 0 Å².